The van der Waals surface area contributed by atoms with Gasteiger partial charge >= 0.3 is 0 Å². The number of piperidine rings is 1. The van der Waals surface area contributed by atoms with Crippen molar-refractivity contribution < 1.29 is 9.53 Å². The summed E-state index contributed by atoms with van der Waals surface area (Å²) < 4.78 is 5.57. The molecule has 2 fully saturated rings. The van der Waals surface area contributed by atoms with Crippen LogP contribution in [0.15, 0.2) is 66.9 Å². The molecule has 34 heavy (non-hydrogen) atoms. The van der Waals surface area contributed by atoms with Crippen molar-refractivity contribution >= 4 is 33.1 Å². The summed E-state index contributed by atoms with van der Waals surface area (Å²) in [6.07, 6.45) is 4.16. The first-order chi connectivity index (χ1) is 16.8. The van der Waals surface area contributed by atoms with Crippen molar-refractivity contribution in [3.8, 4) is 11.1 Å². The average molecular weight is 472 g/mol. The number of nitrogens with one attached hydrogen (secondary N) is 1. The molecule has 4 heterocycles. The number of fused-ring (bicyclic) bond motifs is 1. The fourth-order valence-electron chi connectivity index (χ4n) is 5.29. The van der Waals surface area contributed by atoms with Gasteiger partial charge in [0, 0.05) is 48.8 Å². The minimum absolute atomic E-state index is 0.166. The van der Waals surface area contributed by atoms with Crippen molar-refractivity contribution in [1.82, 2.24) is 9.88 Å². The van der Waals surface area contributed by atoms with E-state index in [4.69, 9.17) is 4.74 Å². The summed E-state index contributed by atoms with van der Waals surface area (Å²) in [7, 11) is 0. The fraction of sp³-hybridized carbons (Fsp3) is 0.321. The number of carbonyl (C=O) groups is 1. The number of ether oxygens (including phenoxy) is 1. The molecule has 1 N–H and O–H groups in total. The predicted octanol–water partition coefficient (Wildman–Crippen LogP) is 5.75. The number of hydrogen-bond acceptors (Lipinski definition) is 4. The van der Waals surface area contributed by atoms with Crippen molar-refractivity contribution in [2.45, 2.75) is 18.8 Å². The van der Waals surface area contributed by atoms with E-state index in [1.165, 1.54) is 21.5 Å². The van der Waals surface area contributed by atoms with Gasteiger partial charge in [0.05, 0.1) is 23.1 Å². The molecule has 2 aromatic heterocycles. The first-order valence-corrected chi connectivity index (χ1v) is 13.0. The molecule has 5 nitrogen and oxygen atoms in total. The molecule has 0 saturated carbocycles. The van der Waals surface area contributed by atoms with Gasteiger partial charge in [-0.25, -0.2) is 0 Å². The number of morpholine rings is 1. The molecule has 1 amide bonds. The smallest absolute Gasteiger partial charge is 0.264 e. The number of likely N-dealkylation sites (tertiary alicyclic amines) is 1. The largest absolute Gasteiger partial charge is 0.378 e. The molecule has 0 unspecified atom stereocenters. The first kappa shape index (κ1) is 21.4. The second-order valence-corrected chi connectivity index (χ2v) is 10.2. The maximum atomic E-state index is 13.6. The molecule has 2 aliphatic rings. The lowest BCUT2D eigenvalue weighted by atomic mass is 9.89. The number of carbonyl (C=O) groups excluding carboxylic acids is 1. The van der Waals surface area contributed by atoms with Gasteiger partial charge in [-0.05, 0) is 42.0 Å². The van der Waals surface area contributed by atoms with Crippen LogP contribution in [0.4, 0.5) is 5.00 Å². The lowest BCUT2D eigenvalue weighted by molar-refractivity contribution is 0.0718. The highest BCUT2D eigenvalue weighted by Gasteiger charge is 2.29. The summed E-state index contributed by atoms with van der Waals surface area (Å²) in [6.45, 7) is 4.80. The summed E-state index contributed by atoms with van der Waals surface area (Å²) in [5.74, 6) is 0.659. The van der Waals surface area contributed by atoms with Crippen LogP contribution in [0.5, 0.6) is 0 Å². The zero-order chi connectivity index (χ0) is 22.9. The third-order valence-electron chi connectivity index (χ3n) is 7.15. The molecular formula is C28H29N3O2S. The maximum Gasteiger partial charge on any atom is 0.264 e. The summed E-state index contributed by atoms with van der Waals surface area (Å²) in [6, 6.07) is 21.0. The molecule has 2 aliphatic heterocycles. The molecule has 0 aliphatic carbocycles. The maximum absolute atomic E-state index is 13.6. The number of H-pyrrole nitrogens is 1. The van der Waals surface area contributed by atoms with Crippen LogP contribution in [0.3, 0.4) is 0 Å². The van der Waals surface area contributed by atoms with E-state index in [1.54, 1.807) is 11.3 Å². The van der Waals surface area contributed by atoms with Crippen molar-refractivity contribution in [3.05, 3.63) is 77.3 Å². The number of thiophene rings is 1. The lowest BCUT2D eigenvalue weighted by Crippen LogP contribution is -2.37. The van der Waals surface area contributed by atoms with Gasteiger partial charge in [0.25, 0.3) is 5.91 Å². The number of anilines is 1. The van der Waals surface area contributed by atoms with Gasteiger partial charge in [0.15, 0.2) is 0 Å². The van der Waals surface area contributed by atoms with Gasteiger partial charge in [0.1, 0.15) is 0 Å². The summed E-state index contributed by atoms with van der Waals surface area (Å²) >= 11 is 1.64. The second-order valence-electron chi connectivity index (χ2n) is 9.15. The third kappa shape index (κ3) is 4.01. The van der Waals surface area contributed by atoms with Gasteiger partial charge in [-0.1, -0.05) is 48.5 Å². The van der Waals surface area contributed by atoms with Crippen LogP contribution in [0.25, 0.3) is 22.0 Å². The molecule has 2 saturated heterocycles. The molecule has 6 heteroatoms. The number of hydrogen-bond donors (Lipinski definition) is 1. The number of benzene rings is 2. The van der Waals surface area contributed by atoms with E-state index in [0.29, 0.717) is 5.92 Å². The van der Waals surface area contributed by atoms with Crippen LogP contribution in [0.2, 0.25) is 0 Å². The van der Waals surface area contributed by atoms with E-state index in [-0.39, 0.29) is 5.91 Å². The van der Waals surface area contributed by atoms with Crippen molar-refractivity contribution in [2.75, 3.05) is 44.3 Å². The lowest BCUT2D eigenvalue weighted by Gasteiger charge is -2.31. The number of aromatic nitrogens is 1. The van der Waals surface area contributed by atoms with Crippen molar-refractivity contribution in [3.63, 3.8) is 0 Å². The Hall–Kier alpha value is -3.09. The van der Waals surface area contributed by atoms with Crippen molar-refractivity contribution in [2.24, 2.45) is 0 Å². The van der Waals surface area contributed by atoms with Crippen LogP contribution < -0.4 is 4.90 Å². The quantitative estimate of drug-likeness (QED) is 0.412. The van der Waals surface area contributed by atoms with E-state index in [2.05, 4.69) is 75.6 Å². The third-order valence-corrected chi connectivity index (χ3v) is 8.33. The van der Waals surface area contributed by atoms with Crippen LogP contribution in [0.1, 0.15) is 34.0 Å². The number of aromatic amines is 1. The first-order valence-electron chi connectivity index (χ1n) is 12.1. The van der Waals surface area contributed by atoms with Gasteiger partial charge in [-0.2, -0.15) is 0 Å². The fourth-order valence-corrected chi connectivity index (χ4v) is 6.49. The van der Waals surface area contributed by atoms with E-state index in [9.17, 15) is 4.79 Å². The predicted molar refractivity (Wildman–Crippen MR) is 139 cm³/mol. The Labute approximate surface area is 204 Å². The highest BCUT2D eigenvalue weighted by molar-refractivity contribution is 7.18. The van der Waals surface area contributed by atoms with Gasteiger partial charge in [-0.3, -0.25) is 4.79 Å². The van der Waals surface area contributed by atoms with E-state index in [0.717, 1.165) is 68.2 Å². The Balaban J connectivity index is 1.22. The number of rotatable bonds is 4. The van der Waals surface area contributed by atoms with Crippen LogP contribution in [-0.4, -0.2) is 55.2 Å². The molecule has 0 atom stereocenters. The molecule has 6 rings (SSSR count). The number of nitrogens with zero attached hydrogens (tertiary/aromatic N) is 2. The Kier molecular flexibility index (Phi) is 5.85. The Morgan fingerprint density at radius 1 is 0.941 bits per heavy atom. The monoisotopic (exact) mass is 471 g/mol. The minimum atomic E-state index is 0.166. The molecule has 0 bridgehead atoms. The second kappa shape index (κ2) is 9.28. The molecular weight excluding hydrogens is 442 g/mol. The number of para-hydroxylation sites is 1. The minimum Gasteiger partial charge on any atom is -0.378 e. The van der Waals surface area contributed by atoms with Gasteiger partial charge < -0.3 is 19.5 Å². The summed E-state index contributed by atoms with van der Waals surface area (Å²) in [5, 5.41) is 2.50. The van der Waals surface area contributed by atoms with Gasteiger partial charge in [-0.15, -0.1) is 11.3 Å². The van der Waals surface area contributed by atoms with Crippen LogP contribution >= 0.6 is 11.3 Å². The van der Waals surface area contributed by atoms with E-state index in [1.807, 2.05) is 6.07 Å². The SMILES string of the molecule is O=C(c1cc(-c2ccccc2)c(N2CCOCC2)s1)N1CCC(c2c[nH]c3ccccc23)CC1. The Morgan fingerprint density at radius 2 is 1.68 bits per heavy atom. The highest BCUT2D eigenvalue weighted by atomic mass is 32.1. The Bertz CT molecular complexity index is 1280. The van der Waals surface area contributed by atoms with E-state index >= 15 is 0 Å². The van der Waals surface area contributed by atoms with Gasteiger partial charge in [0.2, 0.25) is 0 Å². The topological polar surface area (TPSA) is 48.6 Å². The molecule has 0 radical (unpaired) electrons. The zero-order valence-electron chi connectivity index (χ0n) is 19.2. The Morgan fingerprint density at radius 3 is 2.47 bits per heavy atom. The van der Waals surface area contributed by atoms with Crippen molar-refractivity contribution in [1.29, 1.82) is 0 Å². The van der Waals surface area contributed by atoms with Crippen LogP contribution in [0, 0.1) is 0 Å². The standard InChI is InChI=1S/C28H29N3O2S/c32-27(30-12-10-21(11-13-30)24-19-29-25-9-5-4-8-22(24)25)26-18-23(20-6-2-1-3-7-20)28(34-26)31-14-16-33-17-15-31/h1-9,18-19,21,29H,10-17H2. The number of amides is 1. The van der Waals surface area contributed by atoms with E-state index < -0.39 is 0 Å². The average Bonchev–Trinajstić information content (AvgIpc) is 3.55. The summed E-state index contributed by atoms with van der Waals surface area (Å²) in [4.78, 5) is 22.2. The normalized spacial score (nSPS) is 17.4. The molecule has 2 aromatic carbocycles. The molecule has 4 aromatic rings. The highest BCUT2D eigenvalue weighted by Crippen LogP contribution is 2.40. The van der Waals surface area contributed by atoms with Crippen LogP contribution in [-0.2, 0) is 4.74 Å². The molecule has 0 spiro atoms. The molecule has 174 valence electrons. The summed E-state index contributed by atoms with van der Waals surface area (Å²) in [5.41, 5.74) is 4.90. The zero-order valence-corrected chi connectivity index (χ0v) is 20.0.